The Morgan fingerprint density at radius 2 is 2.00 bits per heavy atom. The van der Waals surface area contributed by atoms with Crippen molar-refractivity contribution in [1.82, 2.24) is 4.98 Å². The number of aromatic nitrogens is 1. The van der Waals surface area contributed by atoms with E-state index in [1.807, 2.05) is 12.1 Å². The number of nitrogens with zero attached hydrogens (tertiary/aromatic N) is 1. The highest BCUT2D eigenvalue weighted by Gasteiger charge is 2.09. The predicted octanol–water partition coefficient (Wildman–Crippen LogP) is 3.55. The molecule has 1 aromatic heterocycles. The molecule has 22 heavy (non-hydrogen) atoms. The van der Waals surface area contributed by atoms with E-state index < -0.39 is 0 Å². The van der Waals surface area contributed by atoms with Gasteiger partial charge in [-0.15, -0.1) is 0 Å². The molecule has 1 heterocycles. The fourth-order valence-electron chi connectivity index (χ4n) is 2.07. The van der Waals surface area contributed by atoms with Gasteiger partial charge >= 0.3 is 0 Å². The molecule has 0 atom stereocenters. The molecule has 4 nitrogen and oxygen atoms in total. The van der Waals surface area contributed by atoms with E-state index in [1.165, 1.54) is 18.3 Å². The Kier molecular flexibility index (Phi) is 4.16. The zero-order valence-electron chi connectivity index (χ0n) is 11.7. The molecule has 0 bridgehead atoms. The van der Waals surface area contributed by atoms with Crippen LogP contribution < -0.4 is 4.74 Å². The maximum Gasteiger partial charge on any atom is 0.232 e. The van der Waals surface area contributed by atoms with E-state index in [-0.39, 0.29) is 19.0 Å². The smallest absolute Gasteiger partial charge is 0.232 e. The summed E-state index contributed by atoms with van der Waals surface area (Å²) < 4.78 is 24.4. The molecule has 112 valence electrons. The first-order valence-corrected chi connectivity index (χ1v) is 6.78. The number of oxazole rings is 1. The van der Waals surface area contributed by atoms with Crippen molar-refractivity contribution in [2.45, 2.75) is 13.2 Å². The minimum Gasteiger partial charge on any atom is -0.483 e. The standard InChI is InChI=1S/C17H14FNO3/c18-14-6-3-5-12(8-14)16-9-19-17(22-16)11-21-15-7-2-1-4-13(15)10-20/h1-9,20H,10-11H2. The van der Waals surface area contributed by atoms with Gasteiger partial charge in [0, 0.05) is 11.1 Å². The third-order valence-corrected chi connectivity index (χ3v) is 3.16. The van der Waals surface area contributed by atoms with Crippen LogP contribution in [0.1, 0.15) is 11.5 Å². The Hall–Kier alpha value is -2.66. The van der Waals surface area contributed by atoms with Crippen LogP contribution in [0.5, 0.6) is 5.75 Å². The van der Waals surface area contributed by atoms with Gasteiger partial charge in [0.1, 0.15) is 11.6 Å². The van der Waals surface area contributed by atoms with Gasteiger partial charge in [-0.1, -0.05) is 30.3 Å². The first-order chi connectivity index (χ1) is 10.8. The predicted molar refractivity (Wildman–Crippen MR) is 78.6 cm³/mol. The zero-order chi connectivity index (χ0) is 15.4. The normalized spacial score (nSPS) is 10.6. The quantitative estimate of drug-likeness (QED) is 0.782. The number of rotatable bonds is 5. The number of halogens is 1. The highest BCUT2D eigenvalue weighted by atomic mass is 19.1. The van der Waals surface area contributed by atoms with E-state index in [9.17, 15) is 9.50 Å². The lowest BCUT2D eigenvalue weighted by molar-refractivity contribution is 0.242. The molecule has 0 fully saturated rings. The molecule has 0 unspecified atom stereocenters. The van der Waals surface area contributed by atoms with Crippen molar-refractivity contribution in [2.75, 3.05) is 0 Å². The fraction of sp³-hybridized carbons (Fsp3) is 0.118. The molecule has 0 saturated carbocycles. The van der Waals surface area contributed by atoms with Gasteiger partial charge < -0.3 is 14.3 Å². The first kappa shape index (κ1) is 14.3. The number of aliphatic hydroxyl groups excluding tert-OH is 1. The molecule has 0 aliphatic rings. The second kappa shape index (κ2) is 6.41. The number of benzene rings is 2. The summed E-state index contributed by atoms with van der Waals surface area (Å²) >= 11 is 0. The second-order valence-electron chi connectivity index (χ2n) is 4.68. The summed E-state index contributed by atoms with van der Waals surface area (Å²) in [6, 6.07) is 13.3. The minimum atomic E-state index is -0.330. The Bertz CT molecular complexity index is 770. The average Bonchev–Trinajstić information content (AvgIpc) is 3.02. The fourth-order valence-corrected chi connectivity index (χ4v) is 2.07. The van der Waals surface area contributed by atoms with Crippen molar-refractivity contribution >= 4 is 0 Å². The van der Waals surface area contributed by atoms with Crippen LogP contribution in [0, 0.1) is 5.82 Å². The molecule has 0 amide bonds. The van der Waals surface area contributed by atoms with Crippen molar-refractivity contribution in [1.29, 1.82) is 0 Å². The summed E-state index contributed by atoms with van der Waals surface area (Å²) in [5.41, 5.74) is 1.31. The van der Waals surface area contributed by atoms with E-state index in [0.717, 1.165) is 0 Å². The van der Waals surface area contributed by atoms with Crippen molar-refractivity contribution in [3.8, 4) is 17.1 Å². The van der Waals surface area contributed by atoms with Crippen molar-refractivity contribution < 1.29 is 18.7 Å². The van der Waals surface area contributed by atoms with E-state index in [1.54, 1.807) is 24.3 Å². The van der Waals surface area contributed by atoms with Crippen LogP contribution in [0.25, 0.3) is 11.3 Å². The van der Waals surface area contributed by atoms with Gasteiger partial charge in [-0.25, -0.2) is 9.37 Å². The number of hydrogen-bond acceptors (Lipinski definition) is 4. The Morgan fingerprint density at radius 1 is 1.14 bits per heavy atom. The van der Waals surface area contributed by atoms with E-state index >= 15 is 0 Å². The molecule has 0 spiro atoms. The van der Waals surface area contributed by atoms with Crippen molar-refractivity contribution in [3.63, 3.8) is 0 Å². The van der Waals surface area contributed by atoms with Gasteiger partial charge in [-0.2, -0.15) is 0 Å². The number of para-hydroxylation sites is 1. The van der Waals surface area contributed by atoms with E-state index in [0.29, 0.717) is 28.5 Å². The van der Waals surface area contributed by atoms with Crippen LogP contribution in [0.15, 0.2) is 59.1 Å². The molecule has 0 radical (unpaired) electrons. The summed E-state index contributed by atoms with van der Waals surface area (Å²) in [6.07, 6.45) is 1.53. The average molecular weight is 299 g/mol. The molecular formula is C17H14FNO3. The monoisotopic (exact) mass is 299 g/mol. The maximum atomic E-state index is 13.2. The number of aliphatic hydroxyl groups is 1. The van der Waals surface area contributed by atoms with Crippen LogP contribution in [0.3, 0.4) is 0 Å². The zero-order valence-corrected chi connectivity index (χ0v) is 11.7. The lowest BCUT2D eigenvalue weighted by Gasteiger charge is -2.07. The van der Waals surface area contributed by atoms with Crippen LogP contribution in [-0.2, 0) is 13.2 Å². The lowest BCUT2D eigenvalue weighted by atomic mass is 10.2. The lowest BCUT2D eigenvalue weighted by Crippen LogP contribution is -1.98. The van der Waals surface area contributed by atoms with Gasteiger partial charge in [0.2, 0.25) is 5.89 Å². The topological polar surface area (TPSA) is 55.5 Å². The largest absolute Gasteiger partial charge is 0.483 e. The molecule has 0 saturated heterocycles. The van der Waals surface area contributed by atoms with Gasteiger partial charge in [0.15, 0.2) is 12.4 Å². The minimum absolute atomic E-state index is 0.101. The van der Waals surface area contributed by atoms with Gasteiger partial charge in [0.05, 0.1) is 12.8 Å². The van der Waals surface area contributed by atoms with Gasteiger partial charge in [-0.3, -0.25) is 0 Å². The van der Waals surface area contributed by atoms with E-state index in [2.05, 4.69) is 4.98 Å². The Balaban J connectivity index is 1.72. The van der Waals surface area contributed by atoms with Crippen LogP contribution >= 0.6 is 0 Å². The molecule has 3 aromatic rings. The molecule has 0 aliphatic carbocycles. The van der Waals surface area contributed by atoms with E-state index in [4.69, 9.17) is 9.15 Å². The Labute approximate surface area is 126 Å². The van der Waals surface area contributed by atoms with Crippen LogP contribution in [0.4, 0.5) is 4.39 Å². The summed E-state index contributed by atoms with van der Waals surface area (Å²) in [4.78, 5) is 4.12. The molecule has 2 aromatic carbocycles. The molecule has 0 aliphatic heterocycles. The van der Waals surface area contributed by atoms with Crippen molar-refractivity contribution in [2.24, 2.45) is 0 Å². The summed E-state index contributed by atoms with van der Waals surface area (Å²) in [5.74, 6) is 1.11. The summed E-state index contributed by atoms with van der Waals surface area (Å²) in [7, 11) is 0. The molecule has 5 heteroatoms. The van der Waals surface area contributed by atoms with Crippen molar-refractivity contribution in [3.05, 3.63) is 72.0 Å². The number of ether oxygens (including phenoxy) is 1. The summed E-state index contributed by atoms with van der Waals surface area (Å²) in [6.45, 7) is 0.0304. The Morgan fingerprint density at radius 3 is 2.82 bits per heavy atom. The second-order valence-corrected chi connectivity index (χ2v) is 4.68. The highest BCUT2D eigenvalue weighted by molar-refractivity contribution is 5.56. The summed E-state index contributed by atoms with van der Waals surface area (Å²) in [5, 5.41) is 9.24. The first-order valence-electron chi connectivity index (χ1n) is 6.78. The maximum absolute atomic E-state index is 13.2. The molecule has 3 rings (SSSR count). The van der Waals surface area contributed by atoms with Crippen LogP contribution in [0.2, 0.25) is 0 Å². The molecule has 1 N–H and O–H groups in total. The SMILES string of the molecule is OCc1ccccc1OCc1ncc(-c2cccc(F)c2)o1. The highest BCUT2D eigenvalue weighted by Crippen LogP contribution is 2.23. The third kappa shape index (κ3) is 3.15. The molecular weight excluding hydrogens is 285 g/mol. The van der Waals surface area contributed by atoms with Gasteiger partial charge in [0.25, 0.3) is 0 Å². The third-order valence-electron chi connectivity index (χ3n) is 3.16. The number of hydrogen-bond donors (Lipinski definition) is 1. The van der Waals surface area contributed by atoms with Gasteiger partial charge in [-0.05, 0) is 18.2 Å². The van der Waals surface area contributed by atoms with Crippen LogP contribution in [-0.4, -0.2) is 10.1 Å².